The number of amides is 1. The van der Waals surface area contributed by atoms with Crippen LogP contribution < -0.4 is 10.1 Å². The molecule has 2 aromatic heterocycles. The number of halogens is 6. The van der Waals surface area contributed by atoms with Gasteiger partial charge in [0.1, 0.15) is 11.8 Å². The van der Waals surface area contributed by atoms with E-state index in [1.165, 1.54) is 10.7 Å². The highest BCUT2D eigenvalue weighted by molar-refractivity contribution is 5.95. The van der Waals surface area contributed by atoms with Gasteiger partial charge in [0.25, 0.3) is 5.91 Å². The molecule has 34 heavy (non-hydrogen) atoms. The molecule has 1 amide bonds. The van der Waals surface area contributed by atoms with Crippen LogP contribution in [0.3, 0.4) is 0 Å². The quantitative estimate of drug-likeness (QED) is 0.478. The molecule has 0 saturated heterocycles. The third kappa shape index (κ3) is 5.32. The third-order valence-corrected chi connectivity index (χ3v) is 5.23. The van der Waals surface area contributed by atoms with E-state index in [-0.39, 0.29) is 22.8 Å². The first-order valence-corrected chi connectivity index (χ1v) is 10.1. The molecule has 1 aromatic carbocycles. The van der Waals surface area contributed by atoms with E-state index in [1.807, 2.05) is 5.32 Å². The Morgan fingerprint density at radius 3 is 2.32 bits per heavy atom. The van der Waals surface area contributed by atoms with Crippen molar-refractivity contribution in [1.29, 1.82) is 0 Å². The van der Waals surface area contributed by atoms with Gasteiger partial charge in [-0.2, -0.15) is 31.4 Å². The summed E-state index contributed by atoms with van der Waals surface area (Å²) < 4.78 is 85.4. The van der Waals surface area contributed by atoms with Gasteiger partial charge in [-0.1, -0.05) is 0 Å². The Bertz CT molecular complexity index is 1180. The number of alkyl halides is 6. The molecule has 1 N–H and O–H groups in total. The van der Waals surface area contributed by atoms with Crippen LogP contribution in [0.4, 0.5) is 26.3 Å². The first-order chi connectivity index (χ1) is 15.9. The summed E-state index contributed by atoms with van der Waals surface area (Å²) >= 11 is 0. The number of nitrogens with one attached hydrogen (secondary N) is 1. The van der Waals surface area contributed by atoms with Gasteiger partial charge in [0, 0.05) is 19.4 Å². The molecule has 2 heterocycles. The average Bonchev–Trinajstić information content (AvgIpc) is 3.50. The molecule has 0 radical (unpaired) electrons. The molecular weight excluding hydrogens is 466 g/mol. The predicted octanol–water partition coefficient (Wildman–Crippen LogP) is 5.36. The second kappa shape index (κ2) is 8.65. The number of benzene rings is 1. The summed E-state index contributed by atoms with van der Waals surface area (Å²) in [5, 5.41) is 6.24. The van der Waals surface area contributed by atoms with Crippen LogP contribution in [0.1, 0.15) is 28.8 Å². The molecule has 1 fully saturated rings. The van der Waals surface area contributed by atoms with Gasteiger partial charge in [-0.25, -0.2) is 4.98 Å². The summed E-state index contributed by atoms with van der Waals surface area (Å²) in [6.07, 6.45) is -5.71. The zero-order valence-corrected chi connectivity index (χ0v) is 17.6. The molecule has 1 atom stereocenters. The van der Waals surface area contributed by atoms with Gasteiger partial charge in [-0.15, -0.1) is 0 Å². The molecule has 180 valence electrons. The fourth-order valence-corrected chi connectivity index (χ4v) is 3.34. The highest BCUT2D eigenvalue weighted by Crippen LogP contribution is 2.40. The normalized spacial score (nSPS) is 15.1. The lowest BCUT2D eigenvalue weighted by Gasteiger charge is -2.21. The van der Waals surface area contributed by atoms with Gasteiger partial charge in [-0.3, -0.25) is 9.48 Å². The number of carbonyl (C=O) groups is 1. The summed E-state index contributed by atoms with van der Waals surface area (Å²) in [7, 11) is 1.63. The molecule has 1 unspecified atom stereocenters. The van der Waals surface area contributed by atoms with Crippen molar-refractivity contribution in [2.75, 3.05) is 0 Å². The molecular formula is C22H18F6N4O2. The number of rotatable bonds is 6. The van der Waals surface area contributed by atoms with Crippen LogP contribution in [0.15, 0.2) is 48.8 Å². The molecule has 12 heteroatoms. The lowest BCUT2D eigenvalue weighted by molar-refractivity contribution is -0.158. The highest BCUT2D eigenvalue weighted by Gasteiger charge is 2.49. The van der Waals surface area contributed by atoms with E-state index in [0.717, 1.165) is 30.5 Å². The molecule has 0 aliphatic heterocycles. The minimum atomic E-state index is -4.58. The van der Waals surface area contributed by atoms with Gasteiger partial charge >= 0.3 is 12.4 Å². The van der Waals surface area contributed by atoms with Crippen LogP contribution in [0.5, 0.6) is 11.6 Å². The maximum atomic E-state index is 13.3. The molecule has 3 aromatic rings. The Labute approximate surface area is 189 Å². The van der Waals surface area contributed by atoms with E-state index in [0.29, 0.717) is 18.5 Å². The Kier molecular flexibility index (Phi) is 6.00. The van der Waals surface area contributed by atoms with E-state index >= 15 is 0 Å². The Morgan fingerprint density at radius 2 is 1.79 bits per heavy atom. The van der Waals surface area contributed by atoms with Crippen LogP contribution in [0.2, 0.25) is 0 Å². The van der Waals surface area contributed by atoms with E-state index in [2.05, 4.69) is 10.1 Å². The molecule has 6 nitrogen and oxygen atoms in total. The maximum absolute atomic E-state index is 13.3. The Morgan fingerprint density at radius 1 is 1.12 bits per heavy atom. The minimum Gasteiger partial charge on any atom is -0.438 e. The van der Waals surface area contributed by atoms with Crippen molar-refractivity contribution < 1.29 is 35.9 Å². The van der Waals surface area contributed by atoms with E-state index in [4.69, 9.17) is 4.74 Å². The maximum Gasteiger partial charge on any atom is 0.416 e. The van der Waals surface area contributed by atoms with Crippen LogP contribution in [0.25, 0.3) is 11.3 Å². The first kappa shape index (κ1) is 23.6. The fourth-order valence-electron chi connectivity index (χ4n) is 3.34. The monoisotopic (exact) mass is 484 g/mol. The van der Waals surface area contributed by atoms with Crippen LogP contribution >= 0.6 is 0 Å². The third-order valence-electron chi connectivity index (χ3n) is 5.23. The lowest BCUT2D eigenvalue weighted by atomic mass is 10.1. The summed E-state index contributed by atoms with van der Waals surface area (Å²) in [5.74, 6) is -1.65. The SMILES string of the molecule is Cn1ccc(-c2cc(C(=O)NC(C3CC3)C(F)(F)F)cnc2Oc2ccc(C(F)(F)F)cc2)n1. The van der Waals surface area contributed by atoms with Crippen molar-refractivity contribution >= 4 is 5.91 Å². The van der Waals surface area contributed by atoms with Gasteiger partial charge in [0.2, 0.25) is 5.88 Å². The predicted molar refractivity (Wildman–Crippen MR) is 108 cm³/mol. The number of hydrogen-bond acceptors (Lipinski definition) is 4. The number of ether oxygens (including phenoxy) is 1. The van der Waals surface area contributed by atoms with Crippen molar-refractivity contribution in [2.24, 2.45) is 13.0 Å². The number of nitrogens with zero attached hydrogens (tertiary/aromatic N) is 3. The Balaban J connectivity index is 1.63. The zero-order chi connectivity index (χ0) is 24.7. The number of carbonyl (C=O) groups excluding carboxylic acids is 1. The standard InChI is InChI=1S/C22H18F6N4O2/c1-32-9-8-17(31-32)16-10-13(19(33)30-18(12-2-3-12)22(26,27)28)11-29-20(16)34-15-6-4-14(5-7-15)21(23,24)25/h4-12,18H,2-3H2,1H3,(H,30,33). The largest absolute Gasteiger partial charge is 0.438 e. The van der Waals surface area contributed by atoms with Gasteiger partial charge < -0.3 is 10.1 Å². The van der Waals surface area contributed by atoms with E-state index in [1.54, 1.807) is 19.3 Å². The number of aromatic nitrogens is 3. The van der Waals surface area contributed by atoms with Crippen LogP contribution in [0, 0.1) is 5.92 Å². The zero-order valence-electron chi connectivity index (χ0n) is 17.6. The molecule has 1 saturated carbocycles. The molecule has 4 rings (SSSR count). The van der Waals surface area contributed by atoms with Gasteiger partial charge in [0.15, 0.2) is 0 Å². The van der Waals surface area contributed by atoms with Crippen molar-refractivity contribution in [3.8, 4) is 22.9 Å². The van der Waals surface area contributed by atoms with Crippen molar-refractivity contribution in [2.45, 2.75) is 31.2 Å². The molecule has 1 aliphatic carbocycles. The molecule has 0 bridgehead atoms. The van der Waals surface area contributed by atoms with Crippen LogP contribution in [-0.4, -0.2) is 32.9 Å². The van der Waals surface area contributed by atoms with Crippen molar-refractivity contribution in [3.05, 3.63) is 59.9 Å². The summed E-state index contributed by atoms with van der Waals surface area (Å²) in [6, 6.07) is 4.79. The fraction of sp³-hybridized carbons (Fsp3) is 0.318. The van der Waals surface area contributed by atoms with Gasteiger partial charge in [-0.05, 0) is 55.2 Å². The summed E-state index contributed by atoms with van der Waals surface area (Å²) in [6.45, 7) is 0. The molecule has 0 spiro atoms. The second-order valence-corrected chi connectivity index (χ2v) is 7.91. The smallest absolute Gasteiger partial charge is 0.416 e. The summed E-state index contributed by atoms with van der Waals surface area (Å²) in [4.78, 5) is 16.6. The molecule has 1 aliphatic rings. The van der Waals surface area contributed by atoms with E-state index < -0.39 is 35.8 Å². The lowest BCUT2D eigenvalue weighted by Crippen LogP contribution is -2.46. The minimum absolute atomic E-state index is 0.0424. The number of hydrogen-bond donors (Lipinski definition) is 1. The Hall–Kier alpha value is -3.57. The van der Waals surface area contributed by atoms with Crippen molar-refractivity contribution in [1.82, 2.24) is 20.1 Å². The number of pyridine rings is 1. The average molecular weight is 484 g/mol. The summed E-state index contributed by atoms with van der Waals surface area (Å²) in [5.41, 5.74) is -0.515. The second-order valence-electron chi connectivity index (χ2n) is 7.91. The van der Waals surface area contributed by atoms with Crippen LogP contribution in [-0.2, 0) is 13.2 Å². The first-order valence-electron chi connectivity index (χ1n) is 10.1. The topological polar surface area (TPSA) is 69.0 Å². The van der Waals surface area contributed by atoms with Crippen molar-refractivity contribution in [3.63, 3.8) is 0 Å². The highest BCUT2D eigenvalue weighted by atomic mass is 19.4. The van der Waals surface area contributed by atoms with E-state index in [9.17, 15) is 31.1 Å². The van der Waals surface area contributed by atoms with Gasteiger partial charge in [0.05, 0.1) is 22.4 Å². The number of aryl methyl sites for hydroxylation is 1.